The van der Waals surface area contributed by atoms with Crippen LogP contribution in [0.25, 0.3) is 0 Å². The minimum Gasteiger partial charge on any atom is -0.743 e. The Morgan fingerprint density at radius 1 is 0.382 bits per heavy atom. The number of hydrogen-bond donors (Lipinski definition) is 2. The minimum atomic E-state index is -5.91. The average Bonchev–Trinajstić information content (AvgIpc) is 0.829. The van der Waals surface area contributed by atoms with Crippen LogP contribution < -0.4 is 31.8 Å². The molecule has 8 aromatic carbocycles. The van der Waals surface area contributed by atoms with E-state index >= 15 is 0 Å². The molecular weight excluding hydrogens is 1530 g/mol. The van der Waals surface area contributed by atoms with Gasteiger partial charge in [0.05, 0.1) is 34.9 Å². The molecule has 0 radical (unpaired) electrons. The molecule has 8 rings (SSSR count). The van der Waals surface area contributed by atoms with Gasteiger partial charge in [0.15, 0.2) is 76.6 Å². The highest BCUT2D eigenvalue weighted by atomic mass is 127. The zero-order valence-electron chi connectivity index (χ0n) is 55.5. The van der Waals surface area contributed by atoms with Gasteiger partial charge in [0, 0.05) is 23.6 Å². The van der Waals surface area contributed by atoms with Crippen molar-refractivity contribution in [3.63, 3.8) is 0 Å². The molecule has 0 fully saturated rings. The van der Waals surface area contributed by atoms with Gasteiger partial charge in [0.25, 0.3) is 5.92 Å². The minimum absolute atomic E-state index is 0.0146. The highest BCUT2D eigenvalue weighted by Crippen LogP contribution is 2.32. The lowest BCUT2D eigenvalue weighted by Gasteiger charge is -2.19. The fraction of sp³-hybridized carbons (Fsp3) is 0.192. The molecule has 18 nitrogen and oxygen atoms in total. The quantitative estimate of drug-likeness (QED) is 0.00787. The number of amides is 2. The third-order valence-electron chi connectivity index (χ3n) is 11.7. The Bertz CT molecular complexity index is 3680. The molecule has 0 aliphatic rings. The molecule has 2 N–H and O–H groups in total. The van der Waals surface area contributed by atoms with Crippen LogP contribution in [0.3, 0.4) is 0 Å². The lowest BCUT2D eigenvalue weighted by molar-refractivity contribution is -0.597. The first kappa shape index (κ1) is 87.0. The van der Waals surface area contributed by atoms with Gasteiger partial charge in [0.1, 0.15) is 13.2 Å². The van der Waals surface area contributed by atoms with Crippen LogP contribution in [0.4, 0.5) is 35.9 Å². The molecule has 0 saturated carbocycles. The van der Waals surface area contributed by atoms with Gasteiger partial charge < -0.3 is 43.4 Å². The Labute approximate surface area is 605 Å². The Hall–Kier alpha value is -9.24. The van der Waals surface area contributed by atoms with Crippen LogP contribution >= 0.6 is 0 Å². The summed E-state index contributed by atoms with van der Waals surface area (Å²) in [5.41, 5.74) is 0.384. The topological polar surface area (TPSA) is 270 Å². The standard InChI is InChI=1S/2C18H15S.C12H10I.2C9H13F2NO7S.C7H10F2O2/c2*1-4-10-16(11-5-1)19(17-12-6-2-7-13-17)18-14-8-3-9-15-18;1-3-7-11(8-4-1)13-12-9-5-2-6-10-12;2*1-6(2)7(13)18-4-3-12-8(14)19-5-9(10,11)20(15,16)17;1-5(2)6(10)11-4-7(3,8)9/h2*1-15H;1-10H;2*1,3-5H2,2H3,(H,12,14)(H,15,16,17);1,4H2,2-3H3/q3*+1;;;/p-2. The number of halogens is 7. The average molecular weight is 1600 g/mol. The maximum absolute atomic E-state index is 12.6. The Kier molecular flexibility index (Phi) is 38.3. The van der Waals surface area contributed by atoms with Crippen LogP contribution in [0.2, 0.25) is 0 Å². The molecule has 0 unspecified atom stereocenters. The van der Waals surface area contributed by atoms with Gasteiger partial charge in [-0.05, 0) is 118 Å². The number of hydrogen-bond acceptors (Lipinski definition) is 16. The predicted octanol–water partition coefficient (Wildman–Crippen LogP) is 11.1. The van der Waals surface area contributed by atoms with Gasteiger partial charge in [-0.2, -0.15) is 17.6 Å². The molecule has 0 atom stereocenters. The Balaban J connectivity index is 0.000000322. The molecule has 102 heavy (non-hydrogen) atoms. The third-order valence-corrected chi connectivity index (χ3v) is 20.6. The highest BCUT2D eigenvalue weighted by molar-refractivity contribution is 7.97. The van der Waals surface area contributed by atoms with Crippen LogP contribution in [-0.2, 0) is 80.1 Å². The molecule has 8 aromatic rings. The summed E-state index contributed by atoms with van der Waals surface area (Å²) in [7, 11) is -11.9. The second-order valence-corrected chi connectivity index (χ2v) is 30.7. The van der Waals surface area contributed by atoms with Crippen LogP contribution in [-0.4, -0.2) is 119 Å². The van der Waals surface area contributed by atoms with Crippen LogP contribution in [0.5, 0.6) is 0 Å². The number of alkyl carbamates (subject to hydrolysis) is 2. The Morgan fingerprint density at radius 2 is 0.598 bits per heavy atom. The van der Waals surface area contributed by atoms with E-state index in [-0.39, 0.29) is 86.0 Å². The zero-order valence-corrected chi connectivity index (χ0v) is 60.9. The summed E-state index contributed by atoms with van der Waals surface area (Å²) in [6, 6.07) is 85.7. The fourth-order valence-electron chi connectivity index (χ4n) is 6.94. The molecule has 2 amide bonds. The second kappa shape index (κ2) is 44.9. The van der Waals surface area contributed by atoms with Gasteiger partial charge in [-0.25, -0.2) is 49.6 Å². The largest absolute Gasteiger partial charge is 0.743 e. The van der Waals surface area contributed by atoms with Crippen molar-refractivity contribution in [1.82, 2.24) is 10.6 Å². The van der Waals surface area contributed by atoms with E-state index in [0.717, 1.165) is 0 Å². The summed E-state index contributed by atoms with van der Waals surface area (Å²) in [5, 5.41) is -5.62. The SMILES string of the molecule is C=C(C)C(=O)OCC(C)(F)F.C=C(C)C(=O)OCCNC(=O)OCC(F)(F)S(=O)(=O)[O-].C=C(C)C(=O)OCCNC(=O)OCC(F)(F)S(=O)(=O)[O-].c1ccc([I+]c2ccccc2)cc1.c1ccc([S+](c2ccccc2)c2ccccc2)cc1.c1ccc([S+](c2ccccc2)c2ccccc2)cc1. The van der Waals surface area contributed by atoms with Crippen LogP contribution in [0, 0.1) is 7.14 Å². The summed E-state index contributed by atoms with van der Waals surface area (Å²) in [5.74, 6) is -5.16. The zero-order chi connectivity index (χ0) is 75.8. The van der Waals surface area contributed by atoms with E-state index in [0.29, 0.717) is 6.92 Å². The van der Waals surface area contributed by atoms with Gasteiger partial charge in [-0.15, -0.1) is 0 Å². The van der Waals surface area contributed by atoms with Gasteiger partial charge >= 0.3 is 61.8 Å². The number of ether oxygens (including phenoxy) is 5. The van der Waals surface area contributed by atoms with E-state index in [2.05, 4.69) is 286 Å². The van der Waals surface area contributed by atoms with Crippen molar-refractivity contribution in [2.24, 2.45) is 0 Å². The van der Waals surface area contributed by atoms with Crippen molar-refractivity contribution in [3.8, 4) is 0 Å². The van der Waals surface area contributed by atoms with Crippen LogP contribution in [0.15, 0.2) is 308 Å². The number of carbonyl (C=O) groups is 5. The summed E-state index contributed by atoms with van der Waals surface area (Å²) in [6.07, 6.45) is -2.78. The predicted molar refractivity (Wildman–Crippen MR) is 369 cm³/mol. The van der Waals surface area contributed by atoms with Gasteiger partial charge in [-0.3, -0.25) is 0 Å². The summed E-state index contributed by atoms with van der Waals surface area (Å²) in [6.45, 7) is 8.95. The van der Waals surface area contributed by atoms with Crippen molar-refractivity contribution >= 4 is 72.1 Å². The molecule has 29 heteroatoms. The first-order chi connectivity index (χ1) is 48.1. The van der Waals surface area contributed by atoms with Crippen molar-refractivity contribution in [2.75, 3.05) is 46.1 Å². The second-order valence-electron chi connectivity index (χ2n) is 20.6. The maximum Gasteiger partial charge on any atom is 0.407 e. The number of esters is 3. The number of alkyl halides is 6. The lowest BCUT2D eigenvalue weighted by Crippen LogP contribution is -3.61. The number of carbonyl (C=O) groups excluding carboxylic acids is 5. The van der Waals surface area contributed by atoms with E-state index in [1.165, 1.54) is 57.3 Å². The number of nitrogens with one attached hydrogen (secondary N) is 2. The molecule has 0 bridgehead atoms. The Morgan fingerprint density at radius 3 is 0.804 bits per heavy atom. The molecular formula is C73H74F6IN2O16S4+. The van der Waals surface area contributed by atoms with Crippen molar-refractivity contribution < 1.29 is 121 Å². The van der Waals surface area contributed by atoms with E-state index < -0.39 is 86.6 Å². The summed E-state index contributed by atoms with van der Waals surface area (Å²) < 4.78 is 159. The molecule has 0 heterocycles. The first-order valence-electron chi connectivity index (χ1n) is 30.0. The van der Waals surface area contributed by atoms with Crippen molar-refractivity contribution in [3.05, 3.63) is 286 Å². The molecule has 0 spiro atoms. The van der Waals surface area contributed by atoms with Crippen molar-refractivity contribution in [2.45, 2.75) is 73.5 Å². The number of rotatable bonds is 25. The molecule has 0 aliphatic carbocycles. The van der Waals surface area contributed by atoms with E-state index in [9.17, 15) is 76.3 Å². The lowest BCUT2D eigenvalue weighted by atomic mass is 10.3. The summed E-state index contributed by atoms with van der Waals surface area (Å²) >= 11 is 0.0287. The van der Waals surface area contributed by atoms with Gasteiger partial charge in [0.2, 0.25) is 0 Å². The van der Waals surface area contributed by atoms with E-state index in [4.69, 9.17) is 0 Å². The first-order valence-corrected chi connectivity index (χ1v) is 37.4. The monoisotopic (exact) mass is 1600 g/mol. The van der Waals surface area contributed by atoms with E-state index in [1.807, 2.05) is 10.6 Å². The number of benzene rings is 8. The van der Waals surface area contributed by atoms with Gasteiger partial charge in [-0.1, -0.05) is 165 Å². The molecule has 0 saturated heterocycles. The fourth-order valence-corrected chi connectivity index (χ4v) is 13.8. The van der Waals surface area contributed by atoms with Crippen molar-refractivity contribution in [1.29, 1.82) is 0 Å². The third kappa shape index (κ3) is 34.9. The molecule has 544 valence electrons. The molecule has 0 aromatic heterocycles. The molecule has 0 aliphatic heterocycles. The normalized spacial score (nSPS) is 10.9. The summed E-state index contributed by atoms with van der Waals surface area (Å²) in [4.78, 5) is 62.2. The van der Waals surface area contributed by atoms with Crippen LogP contribution in [0.1, 0.15) is 27.7 Å². The smallest absolute Gasteiger partial charge is 0.407 e. The highest BCUT2D eigenvalue weighted by Gasteiger charge is 2.40. The maximum atomic E-state index is 12.6. The van der Waals surface area contributed by atoms with E-state index in [1.54, 1.807) is 0 Å².